The van der Waals surface area contributed by atoms with E-state index in [4.69, 9.17) is 16.2 Å². The Morgan fingerprint density at radius 1 is 1.35 bits per heavy atom. The van der Waals surface area contributed by atoms with Crippen LogP contribution in [0.15, 0.2) is 18.2 Å². The fourth-order valence-electron chi connectivity index (χ4n) is 1.50. The number of anilines is 2. The first-order valence-corrected chi connectivity index (χ1v) is 6.38. The van der Waals surface area contributed by atoms with E-state index in [-0.39, 0.29) is 6.61 Å². The van der Waals surface area contributed by atoms with Crippen molar-refractivity contribution in [3.8, 4) is 0 Å². The highest BCUT2D eigenvalue weighted by atomic mass is 16.5. The van der Waals surface area contributed by atoms with Crippen LogP contribution < -0.4 is 16.8 Å². The summed E-state index contributed by atoms with van der Waals surface area (Å²) in [6.45, 7) is 5.76. The van der Waals surface area contributed by atoms with E-state index in [2.05, 4.69) is 5.32 Å². The number of benzene rings is 1. The molecule has 110 valence electrons. The van der Waals surface area contributed by atoms with E-state index in [1.54, 1.807) is 32.9 Å². The van der Waals surface area contributed by atoms with Crippen molar-refractivity contribution in [2.75, 3.05) is 24.2 Å². The van der Waals surface area contributed by atoms with Crippen molar-refractivity contribution in [3.05, 3.63) is 23.8 Å². The second-order valence-electron chi connectivity index (χ2n) is 5.13. The normalized spacial score (nSPS) is 10.9. The number of nitrogens with two attached hydrogens (primary N) is 2. The van der Waals surface area contributed by atoms with Crippen LogP contribution in [0.5, 0.6) is 0 Å². The quantitative estimate of drug-likeness (QED) is 0.538. The second kappa shape index (κ2) is 6.27. The lowest BCUT2D eigenvalue weighted by Gasteiger charge is -2.22. The highest BCUT2D eigenvalue weighted by Gasteiger charge is 2.25. The number of nitrogen functional groups attached to an aromatic ring is 1. The second-order valence-corrected chi connectivity index (χ2v) is 5.13. The molecule has 0 aromatic heterocycles. The van der Waals surface area contributed by atoms with Crippen molar-refractivity contribution < 1.29 is 14.3 Å². The fraction of sp³-hybridized carbons (Fsp3) is 0.429. The molecule has 0 saturated carbocycles. The van der Waals surface area contributed by atoms with E-state index in [1.807, 2.05) is 0 Å². The third-order valence-electron chi connectivity index (χ3n) is 2.93. The molecule has 1 amide bonds. The number of hydrogen-bond acceptors (Lipinski definition) is 5. The van der Waals surface area contributed by atoms with E-state index in [0.717, 1.165) is 0 Å². The van der Waals surface area contributed by atoms with Gasteiger partial charge in [-0.2, -0.15) is 0 Å². The summed E-state index contributed by atoms with van der Waals surface area (Å²) in [5, 5.41) is 3.04. The van der Waals surface area contributed by atoms with Crippen LogP contribution in [0.1, 0.15) is 31.1 Å². The van der Waals surface area contributed by atoms with Gasteiger partial charge < -0.3 is 21.5 Å². The lowest BCUT2D eigenvalue weighted by molar-refractivity contribution is -0.125. The van der Waals surface area contributed by atoms with E-state index in [1.165, 1.54) is 6.07 Å². The van der Waals surface area contributed by atoms with Crippen molar-refractivity contribution in [2.45, 2.75) is 20.8 Å². The highest BCUT2D eigenvalue weighted by molar-refractivity contribution is 5.96. The molecule has 0 aliphatic heterocycles. The van der Waals surface area contributed by atoms with Gasteiger partial charge in [0.2, 0.25) is 5.91 Å². The minimum absolute atomic E-state index is 0.278. The topological polar surface area (TPSA) is 107 Å². The van der Waals surface area contributed by atoms with Crippen molar-refractivity contribution in [2.24, 2.45) is 11.1 Å². The van der Waals surface area contributed by atoms with E-state index in [0.29, 0.717) is 23.5 Å². The molecule has 0 spiro atoms. The number of ether oxygens (including phenoxy) is 1. The maximum atomic E-state index is 11.9. The summed E-state index contributed by atoms with van der Waals surface area (Å²) in [6, 6.07) is 4.89. The number of carbonyl (C=O) groups is 2. The van der Waals surface area contributed by atoms with Crippen LogP contribution in [0.2, 0.25) is 0 Å². The molecule has 1 aromatic carbocycles. The zero-order chi connectivity index (χ0) is 15.3. The number of amides is 1. The maximum Gasteiger partial charge on any atom is 0.340 e. The molecule has 0 atom stereocenters. The summed E-state index contributed by atoms with van der Waals surface area (Å²) in [5.41, 5.74) is 11.6. The smallest absolute Gasteiger partial charge is 0.340 e. The molecule has 0 saturated heterocycles. The summed E-state index contributed by atoms with van der Waals surface area (Å²) in [4.78, 5) is 23.2. The largest absolute Gasteiger partial charge is 0.462 e. The third-order valence-corrected chi connectivity index (χ3v) is 2.93. The Kier molecular flexibility index (Phi) is 4.96. The standard InChI is InChI=1S/C14H21N3O3/c1-4-20-12(18)10-7-9(15)5-6-11(10)17-8-14(2,3)13(16)19/h5-7,17H,4,8,15H2,1-3H3,(H2,16,19). The number of esters is 1. The van der Waals surface area contributed by atoms with Gasteiger partial charge in [0.05, 0.1) is 17.6 Å². The van der Waals surface area contributed by atoms with Gasteiger partial charge in [0.25, 0.3) is 0 Å². The number of primary amides is 1. The zero-order valence-electron chi connectivity index (χ0n) is 12.0. The van der Waals surface area contributed by atoms with Crippen LogP contribution in [0, 0.1) is 5.41 Å². The summed E-state index contributed by atoms with van der Waals surface area (Å²) in [6.07, 6.45) is 0. The van der Waals surface area contributed by atoms with Gasteiger partial charge in [0.1, 0.15) is 0 Å². The van der Waals surface area contributed by atoms with Gasteiger partial charge in [-0.1, -0.05) is 0 Å². The predicted octanol–water partition coefficient (Wildman–Crippen LogP) is 1.37. The van der Waals surface area contributed by atoms with Crippen LogP contribution in [0.4, 0.5) is 11.4 Å². The molecule has 6 nitrogen and oxygen atoms in total. The Bertz CT molecular complexity index is 512. The van der Waals surface area contributed by atoms with Gasteiger partial charge >= 0.3 is 5.97 Å². The molecule has 5 N–H and O–H groups in total. The van der Waals surface area contributed by atoms with E-state index < -0.39 is 17.3 Å². The lowest BCUT2D eigenvalue weighted by Crippen LogP contribution is -2.37. The number of rotatable bonds is 6. The monoisotopic (exact) mass is 279 g/mol. The van der Waals surface area contributed by atoms with Crippen LogP contribution >= 0.6 is 0 Å². The molecule has 20 heavy (non-hydrogen) atoms. The minimum atomic E-state index is -0.729. The number of nitrogens with one attached hydrogen (secondary N) is 1. The van der Waals surface area contributed by atoms with Gasteiger partial charge in [-0.05, 0) is 39.0 Å². The Morgan fingerprint density at radius 3 is 2.55 bits per heavy atom. The van der Waals surface area contributed by atoms with Gasteiger partial charge in [-0.3, -0.25) is 4.79 Å². The van der Waals surface area contributed by atoms with Crippen molar-refractivity contribution in [1.29, 1.82) is 0 Å². The van der Waals surface area contributed by atoms with Crippen molar-refractivity contribution >= 4 is 23.3 Å². The lowest BCUT2D eigenvalue weighted by atomic mass is 9.92. The van der Waals surface area contributed by atoms with Crippen molar-refractivity contribution in [1.82, 2.24) is 0 Å². The summed E-state index contributed by atoms with van der Waals surface area (Å²) >= 11 is 0. The molecule has 0 heterocycles. The van der Waals surface area contributed by atoms with Gasteiger partial charge in [-0.25, -0.2) is 4.79 Å². The molecule has 0 aliphatic rings. The van der Waals surface area contributed by atoms with Crippen LogP contribution in [0.25, 0.3) is 0 Å². The Morgan fingerprint density at radius 2 is 2.00 bits per heavy atom. The van der Waals surface area contributed by atoms with Gasteiger partial charge in [0.15, 0.2) is 0 Å². The minimum Gasteiger partial charge on any atom is -0.462 e. The highest BCUT2D eigenvalue weighted by Crippen LogP contribution is 2.22. The Hall–Kier alpha value is -2.24. The summed E-state index contributed by atoms with van der Waals surface area (Å²) < 4.78 is 4.98. The molecule has 0 fully saturated rings. The number of hydrogen-bond donors (Lipinski definition) is 3. The summed E-state index contributed by atoms with van der Waals surface area (Å²) in [7, 11) is 0. The molecular formula is C14H21N3O3. The van der Waals surface area contributed by atoms with E-state index in [9.17, 15) is 9.59 Å². The average Bonchev–Trinajstić information content (AvgIpc) is 2.37. The molecule has 0 bridgehead atoms. The molecule has 0 radical (unpaired) electrons. The van der Waals surface area contributed by atoms with E-state index >= 15 is 0 Å². The van der Waals surface area contributed by atoms with Crippen LogP contribution in [-0.2, 0) is 9.53 Å². The van der Waals surface area contributed by atoms with Crippen LogP contribution in [-0.4, -0.2) is 25.0 Å². The number of carbonyl (C=O) groups excluding carboxylic acids is 2. The van der Waals surface area contributed by atoms with Gasteiger partial charge in [-0.15, -0.1) is 0 Å². The van der Waals surface area contributed by atoms with Crippen molar-refractivity contribution in [3.63, 3.8) is 0 Å². The fourth-order valence-corrected chi connectivity index (χ4v) is 1.50. The maximum absolute atomic E-state index is 11.9. The van der Waals surface area contributed by atoms with Crippen LogP contribution in [0.3, 0.4) is 0 Å². The molecule has 0 aliphatic carbocycles. The molecule has 1 rings (SSSR count). The first-order chi connectivity index (χ1) is 9.27. The SMILES string of the molecule is CCOC(=O)c1cc(N)ccc1NCC(C)(C)C(N)=O. The Labute approximate surface area is 118 Å². The predicted molar refractivity (Wildman–Crippen MR) is 78.3 cm³/mol. The molecule has 6 heteroatoms. The third kappa shape index (κ3) is 3.88. The average molecular weight is 279 g/mol. The molecule has 0 unspecified atom stereocenters. The first kappa shape index (κ1) is 15.8. The summed E-state index contributed by atoms with van der Waals surface area (Å²) in [5.74, 6) is -0.877. The van der Waals surface area contributed by atoms with Gasteiger partial charge in [0, 0.05) is 17.9 Å². The molecular weight excluding hydrogens is 258 g/mol. The molecule has 1 aromatic rings. The first-order valence-electron chi connectivity index (χ1n) is 6.38. The zero-order valence-corrected chi connectivity index (χ0v) is 12.0. The Balaban J connectivity index is 2.95.